The summed E-state index contributed by atoms with van der Waals surface area (Å²) in [6.07, 6.45) is -5.81. The van der Waals surface area contributed by atoms with Crippen molar-refractivity contribution in [1.29, 1.82) is 0 Å². The van der Waals surface area contributed by atoms with Gasteiger partial charge in [0.1, 0.15) is 12.2 Å². The molecule has 2 radical (unpaired) electrons. The average Bonchev–Trinajstić information content (AvgIpc) is 3.40. The monoisotopic (exact) mass is 1540 g/mol. The molecule has 0 bridgehead atoms. The molecule has 0 aromatic heterocycles. The van der Waals surface area contributed by atoms with Crippen molar-refractivity contribution in [3.8, 4) is 0 Å². The van der Waals surface area contributed by atoms with Gasteiger partial charge < -0.3 is 76.9 Å². The quantitative estimate of drug-likeness (QED) is 0.125. The van der Waals surface area contributed by atoms with Crippen molar-refractivity contribution in [2.24, 2.45) is 76.9 Å². The first-order chi connectivity index (χ1) is 35.9. The predicted octanol–water partition coefficient (Wildman–Crippen LogP) is 9.10. The summed E-state index contributed by atoms with van der Waals surface area (Å²) in [6, 6.07) is 0. The van der Waals surface area contributed by atoms with E-state index in [4.69, 9.17) is 61.6 Å². The van der Waals surface area contributed by atoms with Crippen LogP contribution in [0, 0.1) is 165 Å². The van der Waals surface area contributed by atoms with Crippen LogP contribution in [-0.4, -0.2) is 157 Å². The number of ether oxygens (including phenoxy) is 13. The molecule has 7 aliphatic heterocycles. The van der Waals surface area contributed by atoms with Crippen molar-refractivity contribution in [3.63, 3.8) is 0 Å². The van der Waals surface area contributed by atoms with Crippen molar-refractivity contribution >= 4 is 0 Å². The van der Waals surface area contributed by atoms with Crippen LogP contribution in [-0.2, 0) is 61.6 Å². The maximum atomic E-state index is 12.0. The number of rotatable bonds is 17. The third kappa shape index (κ3) is 15.0. The van der Waals surface area contributed by atoms with Gasteiger partial charge in [0, 0.05) is 124 Å². The van der Waals surface area contributed by atoms with E-state index in [1.165, 1.54) is 0 Å². The minimum Gasteiger partial charge on any atom is -0.394 e. The number of aliphatic hydroxyl groups is 3. The van der Waals surface area contributed by atoms with Gasteiger partial charge in [0.25, 0.3) is 0 Å². The molecule has 35 atom stereocenters. The molecule has 0 aliphatic carbocycles. The Hall–Kier alpha value is 2.24. The first kappa shape index (κ1) is 71.0. The fourth-order valence-electron chi connectivity index (χ4n) is 13.8. The molecule has 7 fully saturated rings. The van der Waals surface area contributed by atoms with Gasteiger partial charge in [-0.15, -0.1) is 0 Å². The van der Waals surface area contributed by atoms with Crippen molar-refractivity contribution in [2.75, 3.05) is 6.61 Å². The molecule has 3 N–H and O–H groups in total. The zero-order chi connectivity index (χ0) is 55.9. The van der Waals surface area contributed by atoms with Crippen molar-refractivity contribution in [2.45, 2.75) is 300 Å². The minimum absolute atomic E-state index is 0. The van der Waals surface area contributed by atoms with Gasteiger partial charge in [0.2, 0.25) is 0 Å². The summed E-state index contributed by atoms with van der Waals surface area (Å²) < 4.78 is 87.3. The molecule has 0 aromatic carbocycles. The van der Waals surface area contributed by atoms with Crippen LogP contribution in [0.3, 0.4) is 0 Å². The summed E-state index contributed by atoms with van der Waals surface area (Å²) >= 11 is 0. The molecule has 7 aliphatic rings. The second-order valence-corrected chi connectivity index (χ2v) is 25.5. The number of hydrogen-bond donors (Lipinski definition) is 3. The second-order valence-electron chi connectivity index (χ2n) is 25.5. The Morgan fingerprint density at radius 2 is 0.551 bits per heavy atom. The first-order valence-corrected chi connectivity index (χ1v) is 30.4. The molecular formula is C60H108Ac2O16. The summed E-state index contributed by atoms with van der Waals surface area (Å²) in [7, 11) is 0. The van der Waals surface area contributed by atoms with Gasteiger partial charge in [-0.1, -0.05) is 118 Å². The van der Waals surface area contributed by atoms with Gasteiger partial charge in [-0.2, -0.15) is 0 Å². The van der Waals surface area contributed by atoms with E-state index in [-0.39, 0.29) is 227 Å². The van der Waals surface area contributed by atoms with Gasteiger partial charge in [-0.25, -0.2) is 0 Å². The molecule has 78 heavy (non-hydrogen) atoms. The summed E-state index contributed by atoms with van der Waals surface area (Å²) in [5.74, 6) is 0.391. The fraction of sp³-hybridized carbons (Fsp3) is 1.00. The van der Waals surface area contributed by atoms with Crippen molar-refractivity contribution in [3.05, 3.63) is 0 Å². The molecular weight excluding hydrogens is 1430 g/mol. The zero-order valence-electron chi connectivity index (χ0n) is 51.5. The van der Waals surface area contributed by atoms with E-state index in [1.54, 1.807) is 0 Å². The van der Waals surface area contributed by atoms with Gasteiger partial charge >= 0.3 is 0 Å². The second kappa shape index (κ2) is 30.9. The fourth-order valence-corrected chi connectivity index (χ4v) is 13.8. The Balaban J connectivity index is 0.00000560. The molecule has 0 spiro atoms. The standard InChI is InChI=1S/C60H108O16.2Ac/c1-21-42-47(62)27(6)33(12)57(67-42)74-52-32(11)37(16)59(69-45(52)24-4)75-53-31(10)36(15)58(68-44(53)23-3)71-49-30(9)35(14)56(66-40(49)19)76-54-46(25-61)70-60(38(17)48(54)63)72-50-29(8)34(13)55(65-41(50)20)73-51-28(7)26(5)39(18)64-43(51)22-2;;/h26-63H,21-25H2,1-20H3;;/t26?,27?,28-,29?,30-,31-,32?,33?,34?,35?,36?,37?,38?,39+,40?,41+,42-,43?,44?,45-,46-,47+,48?,49-,50+,51-,52+,53-,54-,55-,56+,57-,58+,59-,60-;;/m1../s1. The summed E-state index contributed by atoms with van der Waals surface area (Å²) in [5, 5.41) is 33.6. The average molecular weight is 1540 g/mol. The molecule has 18 heteroatoms. The Labute approximate surface area is 542 Å². The molecule has 0 aromatic rings. The molecule has 0 saturated carbocycles. The van der Waals surface area contributed by atoms with Crippen LogP contribution >= 0.6 is 0 Å². The summed E-state index contributed by atoms with van der Waals surface area (Å²) in [5.41, 5.74) is 0. The minimum atomic E-state index is -1.02. The molecule has 14 unspecified atom stereocenters. The topological polar surface area (TPSA) is 181 Å². The molecule has 7 rings (SSSR count). The van der Waals surface area contributed by atoms with E-state index >= 15 is 0 Å². The predicted molar refractivity (Wildman–Crippen MR) is 286 cm³/mol. The largest absolute Gasteiger partial charge is 0.394 e. The molecule has 450 valence electrons. The maximum Gasteiger partial charge on any atom is 0.163 e. The Kier molecular flexibility index (Phi) is 28.2. The van der Waals surface area contributed by atoms with E-state index in [1.807, 2.05) is 27.7 Å². The van der Waals surface area contributed by atoms with Crippen molar-refractivity contribution < 1.29 is 165 Å². The van der Waals surface area contributed by atoms with Crippen LogP contribution in [0.4, 0.5) is 0 Å². The molecule has 7 saturated heterocycles. The van der Waals surface area contributed by atoms with E-state index in [9.17, 15) is 15.3 Å². The van der Waals surface area contributed by atoms with Gasteiger partial charge in [0.05, 0.1) is 92.1 Å². The summed E-state index contributed by atoms with van der Waals surface area (Å²) in [4.78, 5) is 0. The van der Waals surface area contributed by atoms with E-state index in [0.717, 1.165) is 25.7 Å². The van der Waals surface area contributed by atoms with Crippen molar-refractivity contribution in [1.82, 2.24) is 0 Å². The van der Waals surface area contributed by atoms with Gasteiger partial charge in [-0.3, -0.25) is 0 Å². The Morgan fingerprint density at radius 1 is 0.269 bits per heavy atom. The smallest absolute Gasteiger partial charge is 0.163 e. The van der Waals surface area contributed by atoms with E-state index in [2.05, 4.69) is 111 Å². The maximum absolute atomic E-state index is 12.0. The van der Waals surface area contributed by atoms with E-state index < -0.39 is 68.1 Å². The van der Waals surface area contributed by atoms with Crippen LogP contribution in [0.15, 0.2) is 0 Å². The molecule has 0 amide bonds. The first-order valence-electron chi connectivity index (χ1n) is 30.4. The Bertz CT molecular complexity index is 1770. The molecule has 7 heterocycles. The van der Waals surface area contributed by atoms with E-state index in [0.29, 0.717) is 11.8 Å². The van der Waals surface area contributed by atoms with Crippen LogP contribution < -0.4 is 0 Å². The Morgan fingerprint density at radius 3 is 0.936 bits per heavy atom. The third-order valence-corrected chi connectivity index (χ3v) is 20.9. The third-order valence-electron chi connectivity index (χ3n) is 20.9. The number of aliphatic hydroxyl groups excluding tert-OH is 3. The SMILES string of the molecule is CCC1O[C@@H](O[C@H]2C(C)O[C@@H](O[C@H]3C(O)C(C)[C@@H](O[C@H]4C(C)C(C)[C@@H](O[C@H]5C(CC)O[C@@H](C)C(C)[C@H]5C)O[C@H]4C)O[C@@H]3CO)C(C)[C@H]2C)C(C)[C@@H](C)[C@H]1O[C@H]1O[C@H](CC)[C@@H](O[C@H]2O[C@H](CC)[C@@H](O)C(C)C2C)C(C)C1C.[Ac].[Ac]. The normalized spacial score (nSPS) is 53.2. The number of hydrogen-bond acceptors (Lipinski definition) is 16. The van der Waals surface area contributed by atoms with Gasteiger partial charge in [-0.05, 0) is 87.9 Å². The van der Waals surface area contributed by atoms with Crippen LogP contribution in [0.2, 0.25) is 0 Å². The molecule has 16 nitrogen and oxygen atoms in total. The summed E-state index contributed by atoms with van der Waals surface area (Å²) in [6.45, 7) is 42.2. The van der Waals surface area contributed by atoms with Crippen LogP contribution in [0.25, 0.3) is 0 Å². The van der Waals surface area contributed by atoms with Crippen LogP contribution in [0.1, 0.15) is 164 Å². The van der Waals surface area contributed by atoms with Gasteiger partial charge in [0.15, 0.2) is 37.7 Å². The zero-order valence-corrected chi connectivity index (χ0v) is 61.0. The van der Waals surface area contributed by atoms with Crippen LogP contribution in [0.5, 0.6) is 0 Å².